The lowest BCUT2D eigenvalue weighted by Gasteiger charge is -2.31. The summed E-state index contributed by atoms with van der Waals surface area (Å²) in [5.74, 6) is 0.358. The molecule has 10 nitrogen and oxygen atoms in total. The average Bonchev–Trinajstić information content (AvgIpc) is 2.89. The minimum Gasteiger partial charge on any atom is -0.500 e. The molecule has 0 aliphatic carbocycles. The second-order valence-electron chi connectivity index (χ2n) is 7.83. The predicted octanol–water partition coefficient (Wildman–Crippen LogP) is 4.64. The molecule has 0 fully saturated rings. The van der Waals surface area contributed by atoms with Gasteiger partial charge in [0.2, 0.25) is 5.75 Å². The number of methoxy groups -OCH3 is 2. The van der Waals surface area contributed by atoms with Crippen LogP contribution in [0, 0.1) is 10.1 Å². The maximum Gasteiger partial charge on any atom is 0.320 e. The van der Waals surface area contributed by atoms with E-state index in [4.69, 9.17) is 14.2 Å². The van der Waals surface area contributed by atoms with Gasteiger partial charge >= 0.3 is 11.7 Å². The molecule has 36 heavy (non-hydrogen) atoms. The van der Waals surface area contributed by atoms with E-state index in [0.29, 0.717) is 33.9 Å². The van der Waals surface area contributed by atoms with Crippen LogP contribution in [-0.4, -0.2) is 36.9 Å². The molecule has 0 aromatic heterocycles. The van der Waals surface area contributed by atoms with Crippen LogP contribution in [-0.2, 0) is 0 Å². The van der Waals surface area contributed by atoms with Gasteiger partial charge in [0.25, 0.3) is 0 Å². The number of nitro groups is 1. The SMILES string of the molecule is CCOc1cc(C2NC(=O)NC(c3ccccc3)=C2c2ccc(OC)c(OC)c2)cc([N+](=O)[O-])c1O. The third-order valence-electron chi connectivity index (χ3n) is 5.74. The largest absolute Gasteiger partial charge is 0.500 e. The second-order valence-corrected chi connectivity index (χ2v) is 7.83. The molecule has 186 valence electrons. The number of carbonyl (C=O) groups excluding carboxylic acids is 1. The fourth-order valence-electron chi connectivity index (χ4n) is 4.15. The molecule has 3 aromatic rings. The summed E-state index contributed by atoms with van der Waals surface area (Å²) in [6.07, 6.45) is 0. The number of hydrogen-bond donors (Lipinski definition) is 3. The number of hydrogen-bond acceptors (Lipinski definition) is 7. The highest BCUT2D eigenvalue weighted by Crippen LogP contribution is 2.45. The zero-order valence-electron chi connectivity index (χ0n) is 19.9. The highest BCUT2D eigenvalue weighted by atomic mass is 16.6. The molecule has 0 spiro atoms. The first kappa shape index (κ1) is 24.4. The van der Waals surface area contributed by atoms with Gasteiger partial charge in [-0.2, -0.15) is 0 Å². The summed E-state index contributed by atoms with van der Waals surface area (Å²) in [6, 6.07) is 16.0. The van der Waals surface area contributed by atoms with Gasteiger partial charge in [-0.1, -0.05) is 36.4 Å². The molecule has 0 saturated carbocycles. The number of rotatable bonds is 8. The van der Waals surface area contributed by atoms with Gasteiger partial charge in [0.05, 0.1) is 37.5 Å². The molecule has 1 atom stereocenters. The number of aromatic hydroxyl groups is 1. The van der Waals surface area contributed by atoms with E-state index in [9.17, 15) is 20.0 Å². The maximum absolute atomic E-state index is 12.8. The molecule has 1 unspecified atom stereocenters. The third-order valence-corrected chi connectivity index (χ3v) is 5.74. The van der Waals surface area contributed by atoms with E-state index in [1.807, 2.05) is 36.4 Å². The van der Waals surface area contributed by atoms with Crippen LogP contribution in [0.2, 0.25) is 0 Å². The molecule has 3 aromatic carbocycles. The molecule has 10 heteroatoms. The number of nitrogens with zero attached hydrogens (tertiary/aromatic N) is 1. The molecule has 3 N–H and O–H groups in total. The molecule has 0 saturated heterocycles. The van der Waals surface area contributed by atoms with Crippen LogP contribution in [0.5, 0.6) is 23.0 Å². The van der Waals surface area contributed by atoms with Crippen molar-refractivity contribution < 1.29 is 29.0 Å². The minimum absolute atomic E-state index is 0.0533. The summed E-state index contributed by atoms with van der Waals surface area (Å²) in [6.45, 7) is 1.88. The van der Waals surface area contributed by atoms with Crippen molar-refractivity contribution in [3.8, 4) is 23.0 Å². The average molecular weight is 492 g/mol. The van der Waals surface area contributed by atoms with Crippen LogP contribution in [0.1, 0.15) is 29.7 Å². The lowest BCUT2D eigenvalue weighted by Crippen LogP contribution is -2.43. The lowest BCUT2D eigenvalue weighted by atomic mass is 9.87. The zero-order valence-corrected chi connectivity index (χ0v) is 19.9. The van der Waals surface area contributed by atoms with Crippen molar-refractivity contribution in [3.05, 3.63) is 87.5 Å². The summed E-state index contributed by atoms with van der Waals surface area (Å²) in [7, 11) is 3.05. The molecule has 1 aliphatic rings. The molecule has 0 radical (unpaired) electrons. The Balaban J connectivity index is 2.01. The van der Waals surface area contributed by atoms with Gasteiger partial charge in [0.15, 0.2) is 17.2 Å². The van der Waals surface area contributed by atoms with E-state index in [-0.39, 0.29) is 12.4 Å². The number of ether oxygens (including phenoxy) is 3. The van der Waals surface area contributed by atoms with E-state index < -0.39 is 28.4 Å². The molecule has 2 amide bonds. The van der Waals surface area contributed by atoms with Crippen molar-refractivity contribution in [2.75, 3.05) is 20.8 Å². The highest BCUT2D eigenvalue weighted by molar-refractivity contribution is 6.03. The quantitative estimate of drug-likeness (QED) is 0.309. The summed E-state index contributed by atoms with van der Waals surface area (Å²) in [5, 5.41) is 27.9. The van der Waals surface area contributed by atoms with E-state index in [1.54, 1.807) is 19.1 Å². The Labute approximate surface area is 207 Å². The van der Waals surface area contributed by atoms with Crippen molar-refractivity contribution in [2.24, 2.45) is 0 Å². The number of carbonyl (C=O) groups is 1. The molecular weight excluding hydrogens is 466 g/mol. The lowest BCUT2D eigenvalue weighted by molar-refractivity contribution is -0.386. The van der Waals surface area contributed by atoms with Gasteiger partial charge < -0.3 is 30.0 Å². The van der Waals surface area contributed by atoms with Gasteiger partial charge in [-0.15, -0.1) is 0 Å². The number of amides is 2. The normalized spacial score (nSPS) is 15.1. The summed E-state index contributed by atoms with van der Waals surface area (Å²) >= 11 is 0. The standard InChI is InChI=1S/C26H25N3O7/c1-4-36-21-14-17(12-18(25(21)30)29(32)33)24-22(16-10-11-19(34-2)20(13-16)35-3)23(27-26(31)28-24)15-8-6-5-7-9-15/h5-14,24,30H,4H2,1-3H3,(H2,27,28,31). The Kier molecular flexibility index (Phi) is 6.95. The van der Waals surface area contributed by atoms with Gasteiger partial charge in [-0.05, 0) is 41.8 Å². The van der Waals surface area contributed by atoms with Gasteiger partial charge in [0, 0.05) is 11.6 Å². The topological polar surface area (TPSA) is 132 Å². The minimum atomic E-state index is -0.828. The molecule has 1 heterocycles. The maximum atomic E-state index is 12.8. The first-order valence-corrected chi connectivity index (χ1v) is 11.1. The highest BCUT2D eigenvalue weighted by Gasteiger charge is 2.33. The van der Waals surface area contributed by atoms with Gasteiger partial charge in [-0.25, -0.2) is 4.79 Å². The second kappa shape index (κ2) is 10.3. The number of phenolic OH excluding ortho intramolecular Hbond substituents is 1. The van der Waals surface area contributed by atoms with Crippen LogP contribution in [0.15, 0.2) is 60.7 Å². The molecule has 0 bridgehead atoms. The first-order chi connectivity index (χ1) is 17.4. The molecular formula is C26H25N3O7. The van der Waals surface area contributed by atoms with Gasteiger partial charge in [-0.3, -0.25) is 10.1 Å². The van der Waals surface area contributed by atoms with E-state index in [0.717, 1.165) is 5.56 Å². The Morgan fingerprint density at radius 1 is 0.972 bits per heavy atom. The fraction of sp³-hybridized carbons (Fsp3) is 0.192. The van der Waals surface area contributed by atoms with Crippen LogP contribution in [0.25, 0.3) is 11.3 Å². The third kappa shape index (κ3) is 4.61. The van der Waals surface area contributed by atoms with Crippen LogP contribution in [0.4, 0.5) is 10.5 Å². The zero-order chi connectivity index (χ0) is 25.8. The Morgan fingerprint density at radius 3 is 2.33 bits per heavy atom. The predicted molar refractivity (Wildman–Crippen MR) is 133 cm³/mol. The van der Waals surface area contributed by atoms with Crippen molar-refractivity contribution in [3.63, 3.8) is 0 Å². The van der Waals surface area contributed by atoms with E-state index in [1.165, 1.54) is 26.4 Å². The van der Waals surface area contributed by atoms with E-state index >= 15 is 0 Å². The van der Waals surface area contributed by atoms with Crippen molar-refractivity contribution in [2.45, 2.75) is 13.0 Å². The van der Waals surface area contributed by atoms with Crippen molar-refractivity contribution in [1.29, 1.82) is 0 Å². The van der Waals surface area contributed by atoms with Crippen LogP contribution < -0.4 is 24.8 Å². The van der Waals surface area contributed by atoms with Crippen molar-refractivity contribution in [1.82, 2.24) is 10.6 Å². The first-order valence-electron chi connectivity index (χ1n) is 11.1. The summed E-state index contributed by atoms with van der Waals surface area (Å²) < 4.78 is 16.3. The number of phenols is 1. The van der Waals surface area contributed by atoms with Gasteiger partial charge in [0.1, 0.15) is 0 Å². The van der Waals surface area contributed by atoms with E-state index in [2.05, 4.69) is 10.6 Å². The summed E-state index contributed by atoms with van der Waals surface area (Å²) in [4.78, 5) is 23.8. The Morgan fingerprint density at radius 2 is 1.69 bits per heavy atom. The van der Waals surface area contributed by atoms with Crippen LogP contribution >= 0.6 is 0 Å². The Hall–Kier alpha value is -4.73. The number of urea groups is 1. The molecule has 1 aliphatic heterocycles. The number of nitrogens with one attached hydrogen (secondary N) is 2. The fourth-order valence-corrected chi connectivity index (χ4v) is 4.15. The number of nitro benzene ring substituents is 1. The monoisotopic (exact) mass is 491 g/mol. The smallest absolute Gasteiger partial charge is 0.320 e. The summed E-state index contributed by atoms with van der Waals surface area (Å²) in [5.41, 5.74) is 2.39. The molecule has 4 rings (SSSR count). The van der Waals surface area contributed by atoms with Crippen molar-refractivity contribution >= 4 is 23.0 Å². The number of benzene rings is 3. The van der Waals surface area contributed by atoms with Crippen LogP contribution in [0.3, 0.4) is 0 Å². The Bertz CT molecular complexity index is 1340.